The third kappa shape index (κ3) is 2.29. The minimum atomic E-state index is -0.806. The first-order valence-corrected chi connectivity index (χ1v) is 9.09. The molecule has 1 aliphatic heterocycles. The lowest BCUT2D eigenvalue weighted by atomic mass is 10.0. The largest absolute Gasteiger partial charge is 0.506 e. The minimum absolute atomic E-state index is 0.0853. The second-order valence-corrected chi connectivity index (χ2v) is 6.98. The smallest absolute Gasteiger partial charge is 0.347 e. The van der Waals surface area contributed by atoms with E-state index in [-0.39, 0.29) is 24.0 Å². The van der Waals surface area contributed by atoms with Crippen molar-refractivity contribution in [3.63, 3.8) is 0 Å². The summed E-state index contributed by atoms with van der Waals surface area (Å²) in [4.78, 5) is 32.5. The molecule has 4 rings (SSSR count). The zero-order valence-electron chi connectivity index (χ0n) is 14.3. The second kappa shape index (κ2) is 6.14. The highest BCUT2D eigenvalue weighted by Crippen LogP contribution is 2.40. The summed E-state index contributed by atoms with van der Waals surface area (Å²) < 4.78 is 6.53. The molecule has 0 radical (unpaired) electrons. The number of aromatic hydroxyl groups is 1. The van der Waals surface area contributed by atoms with E-state index >= 15 is 0 Å². The Morgan fingerprint density at radius 3 is 2.96 bits per heavy atom. The van der Waals surface area contributed by atoms with E-state index in [1.807, 2.05) is 13.1 Å². The molecule has 26 heavy (non-hydrogen) atoms. The summed E-state index contributed by atoms with van der Waals surface area (Å²) in [5, 5.41) is 11.0. The lowest BCUT2D eigenvalue weighted by Gasteiger charge is -2.36. The van der Waals surface area contributed by atoms with Crippen molar-refractivity contribution in [2.75, 3.05) is 18.6 Å². The van der Waals surface area contributed by atoms with Crippen molar-refractivity contribution in [1.82, 2.24) is 9.55 Å². The Morgan fingerprint density at radius 1 is 1.46 bits per heavy atom. The van der Waals surface area contributed by atoms with Crippen molar-refractivity contribution in [1.29, 1.82) is 0 Å². The fourth-order valence-corrected chi connectivity index (χ4v) is 4.21. The maximum Gasteiger partial charge on any atom is 0.347 e. The fraction of sp³-hybridized carbons (Fsp3) is 0.278. The quantitative estimate of drug-likeness (QED) is 0.712. The zero-order chi connectivity index (χ0) is 18.4. The van der Waals surface area contributed by atoms with Crippen molar-refractivity contribution >= 4 is 33.9 Å². The number of esters is 1. The van der Waals surface area contributed by atoms with Crippen LogP contribution in [0.1, 0.15) is 28.2 Å². The van der Waals surface area contributed by atoms with E-state index in [1.165, 1.54) is 11.3 Å². The number of anilines is 1. The fourth-order valence-electron chi connectivity index (χ4n) is 3.46. The Balaban J connectivity index is 2.01. The number of para-hydroxylation sites is 1. The number of carbonyl (C=O) groups excluding carboxylic acids is 1. The van der Waals surface area contributed by atoms with E-state index < -0.39 is 11.5 Å². The van der Waals surface area contributed by atoms with Crippen LogP contribution in [0.3, 0.4) is 0 Å². The van der Waals surface area contributed by atoms with Crippen LogP contribution in [-0.4, -0.2) is 34.3 Å². The van der Waals surface area contributed by atoms with Gasteiger partial charge in [0.2, 0.25) is 0 Å². The van der Waals surface area contributed by atoms with Crippen LogP contribution in [-0.2, 0) is 11.3 Å². The molecule has 3 aromatic rings. The van der Waals surface area contributed by atoms with E-state index in [0.29, 0.717) is 17.4 Å². The van der Waals surface area contributed by atoms with Gasteiger partial charge in [0.05, 0.1) is 35.9 Å². The molecular formula is C18H17N3O4S. The van der Waals surface area contributed by atoms with Gasteiger partial charge in [-0.2, -0.15) is 0 Å². The number of benzene rings is 1. The molecule has 2 aromatic heterocycles. The highest BCUT2D eigenvalue weighted by atomic mass is 32.1. The normalized spacial score (nSPS) is 16.1. The Bertz CT molecular complexity index is 1060. The summed E-state index contributed by atoms with van der Waals surface area (Å²) >= 11 is 1.52. The van der Waals surface area contributed by atoms with E-state index in [0.717, 1.165) is 10.6 Å². The number of hydrogen-bond acceptors (Lipinski definition) is 7. The second-order valence-electron chi connectivity index (χ2n) is 6.06. The molecule has 0 aliphatic carbocycles. The molecule has 8 heteroatoms. The highest BCUT2D eigenvalue weighted by Gasteiger charge is 2.32. The lowest BCUT2D eigenvalue weighted by Crippen LogP contribution is -2.38. The Hall–Kier alpha value is -2.87. The number of likely N-dealkylation sites (N-methyl/N-ethyl adjacent to an activating group) is 1. The van der Waals surface area contributed by atoms with Gasteiger partial charge in [-0.3, -0.25) is 9.78 Å². The molecule has 1 N–H and O–H groups in total. The van der Waals surface area contributed by atoms with Gasteiger partial charge in [0, 0.05) is 23.5 Å². The molecule has 1 aliphatic rings. The zero-order valence-corrected chi connectivity index (χ0v) is 15.1. The van der Waals surface area contributed by atoms with Crippen LogP contribution in [0.4, 0.5) is 5.69 Å². The number of pyridine rings is 1. The van der Waals surface area contributed by atoms with Crippen LogP contribution in [0.2, 0.25) is 0 Å². The monoisotopic (exact) mass is 371 g/mol. The van der Waals surface area contributed by atoms with Crippen LogP contribution in [0.15, 0.2) is 34.7 Å². The molecule has 1 unspecified atom stereocenters. The maximum atomic E-state index is 13.0. The number of thiazole rings is 1. The van der Waals surface area contributed by atoms with E-state index in [1.54, 1.807) is 35.3 Å². The number of ether oxygens (including phenoxy) is 1. The maximum absolute atomic E-state index is 13.0. The predicted octanol–water partition coefficient (Wildman–Crippen LogP) is 2.53. The highest BCUT2D eigenvalue weighted by molar-refractivity contribution is 7.09. The van der Waals surface area contributed by atoms with Crippen LogP contribution >= 0.6 is 11.3 Å². The van der Waals surface area contributed by atoms with Gasteiger partial charge in [0.15, 0.2) is 5.56 Å². The van der Waals surface area contributed by atoms with Crippen molar-refractivity contribution in [3.05, 3.63) is 50.7 Å². The summed E-state index contributed by atoms with van der Waals surface area (Å²) in [6.07, 6.45) is 1.79. The Labute approximate surface area is 153 Å². The first-order valence-electron chi connectivity index (χ1n) is 8.21. The molecule has 0 saturated heterocycles. The lowest BCUT2D eigenvalue weighted by molar-refractivity contribution is 0.0520. The molecular weight excluding hydrogens is 354 g/mol. The first-order chi connectivity index (χ1) is 12.5. The summed E-state index contributed by atoms with van der Waals surface area (Å²) in [7, 11) is 1.95. The van der Waals surface area contributed by atoms with E-state index in [2.05, 4.69) is 9.88 Å². The molecule has 0 saturated carbocycles. The van der Waals surface area contributed by atoms with E-state index in [9.17, 15) is 14.7 Å². The van der Waals surface area contributed by atoms with Crippen LogP contribution in [0.5, 0.6) is 5.75 Å². The molecule has 134 valence electrons. The summed E-state index contributed by atoms with van der Waals surface area (Å²) in [5.41, 5.74) is 2.33. The molecule has 7 nitrogen and oxygen atoms in total. The van der Waals surface area contributed by atoms with Gasteiger partial charge in [0.1, 0.15) is 5.75 Å². The number of rotatable bonds is 3. The summed E-state index contributed by atoms with van der Waals surface area (Å²) in [5.74, 6) is -1.13. The number of carbonyl (C=O) groups is 1. The van der Waals surface area contributed by atoms with Crippen LogP contribution < -0.4 is 10.5 Å². The minimum Gasteiger partial charge on any atom is -0.506 e. The Morgan fingerprint density at radius 2 is 2.27 bits per heavy atom. The van der Waals surface area contributed by atoms with Crippen LogP contribution in [0, 0.1) is 0 Å². The van der Waals surface area contributed by atoms with Crippen LogP contribution in [0.25, 0.3) is 10.9 Å². The number of nitrogens with zero attached hydrogens (tertiary/aromatic N) is 3. The molecule has 0 amide bonds. The number of hydrogen-bond donors (Lipinski definition) is 1. The molecule has 1 atom stereocenters. The van der Waals surface area contributed by atoms with Crippen molar-refractivity contribution < 1.29 is 14.6 Å². The standard InChI is InChI=1S/C18H17N3O4S/c1-3-25-18(24)14-16(22)10-5-4-6-11-15(10)21(17(14)23)8-12(20(11)2)13-7-19-9-26-13/h4-7,9,12,22H,3,8H2,1-2H3. The first kappa shape index (κ1) is 16.6. The molecule has 0 bridgehead atoms. The van der Waals surface area contributed by atoms with Gasteiger partial charge in [-0.05, 0) is 19.1 Å². The van der Waals surface area contributed by atoms with Gasteiger partial charge in [-0.25, -0.2) is 4.79 Å². The average Bonchev–Trinajstić information content (AvgIpc) is 3.15. The van der Waals surface area contributed by atoms with Gasteiger partial charge >= 0.3 is 5.97 Å². The van der Waals surface area contributed by atoms with Gasteiger partial charge < -0.3 is 19.3 Å². The molecule has 1 aromatic carbocycles. The molecule has 0 fully saturated rings. The summed E-state index contributed by atoms with van der Waals surface area (Å²) in [6, 6.07) is 5.31. The topological polar surface area (TPSA) is 84.7 Å². The van der Waals surface area contributed by atoms with Gasteiger partial charge in [0.25, 0.3) is 5.56 Å². The predicted molar refractivity (Wildman–Crippen MR) is 99.1 cm³/mol. The van der Waals surface area contributed by atoms with Gasteiger partial charge in [-0.1, -0.05) is 6.07 Å². The van der Waals surface area contributed by atoms with Gasteiger partial charge in [-0.15, -0.1) is 11.3 Å². The van der Waals surface area contributed by atoms with Crippen molar-refractivity contribution in [2.24, 2.45) is 0 Å². The SMILES string of the molecule is CCOC(=O)c1c(O)c2cccc3c2n(c1=O)CC(c1cncs1)N3C. The van der Waals surface area contributed by atoms with Crippen molar-refractivity contribution in [2.45, 2.75) is 19.5 Å². The third-order valence-corrected chi connectivity index (χ3v) is 5.57. The molecule has 3 heterocycles. The molecule has 0 spiro atoms. The third-order valence-electron chi connectivity index (χ3n) is 4.70. The number of aromatic nitrogens is 2. The Kier molecular flexibility index (Phi) is 3.91. The average molecular weight is 371 g/mol. The summed E-state index contributed by atoms with van der Waals surface area (Å²) in [6.45, 7) is 2.14. The van der Waals surface area contributed by atoms with E-state index in [4.69, 9.17) is 4.74 Å². The van der Waals surface area contributed by atoms with Crippen molar-refractivity contribution in [3.8, 4) is 5.75 Å².